The van der Waals surface area contributed by atoms with Crippen LogP contribution >= 0.6 is 0 Å². The third-order valence-corrected chi connectivity index (χ3v) is 2.22. The van der Waals surface area contributed by atoms with Crippen LogP contribution in [0.3, 0.4) is 0 Å². The molecule has 4 nitrogen and oxygen atoms in total. The van der Waals surface area contributed by atoms with E-state index in [4.69, 9.17) is 0 Å². The summed E-state index contributed by atoms with van der Waals surface area (Å²) in [5, 5.41) is 2.32. The molecule has 2 aromatic heterocycles. The summed E-state index contributed by atoms with van der Waals surface area (Å²) in [7, 11) is 0. The lowest BCUT2D eigenvalue weighted by molar-refractivity contribution is -0.144. The molecule has 1 N–H and O–H groups in total. The minimum Gasteiger partial charge on any atom is -0.355 e. The Morgan fingerprint density at radius 1 is 1.11 bits per heavy atom. The third-order valence-electron chi connectivity index (χ3n) is 2.22. The van der Waals surface area contributed by atoms with Gasteiger partial charge in [-0.1, -0.05) is 6.07 Å². The fourth-order valence-corrected chi connectivity index (χ4v) is 1.42. The van der Waals surface area contributed by atoms with Gasteiger partial charge in [0.25, 0.3) is 0 Å². The van der Waals surface area contributed by atoms with E-state index < -0.39 is 12.2 Å². The van der Waals surface area contributed by atoms with Gasteiger partial charge in [-0.2, -0.15) is 13.2 Å². The molecule has 0 aliphatic carbocycles. The maximum absolute atomic E-state index is 13.0. The van der Waals surface area contributed by atoms with Crippen molar-refractivity contribution in [2.45, 2.75) is 12.2 Å². The predicted molar refractivity (Wildman–Crippen MR) is 58.7 cm³/mol. The first-order valence-corrected chi connectivity index (χ1v) is 5.06. The standard InChI is InChI=1S/C11H9F3N4/c12-11(13,14)10(8-2-1-4-15-6-8)18-9-3-5-16-7-17-9/h1-7,10H,(H,16,17,18)/t10-/m1/s1. The van der Waals surface area contributed by atoms with Gasteiger partial charge in [-0.25, -0.2) is 9.97 Å². The number of halogens is 3. The molecule has 0 radical (unpaired) electrons. The molecule has 7 heteroatoms. The van der Waals surface area contributed by atoms with Gasteiger partial charge in [-0.05, 0) is 12.1 Å². The monoisotopic (exact) mass is 254 g/mol. The smallest absolute Gasteiger partial charge is 0.355 e. The molecule has 1 atom stereocenters. The van der Waals surface area contributed by atoms with Crippen LogP contribution in [0.4, 0.5) is 19.0 Å². The fraction of sp³-hybridized carbons (Fsp3) is 0.182. The zero-order valence-electron chi connectivity index (χ0n) is 9.09. The lowest BCUT2D eigenvalue weighted by Gasteiger charge is -2.21. The molecule has 0 fully saturated rings. The Labute approximate surface area is 101 Å². The first kappa shape index (κ1) is 12.3. The Kier molecular flexibility index (Phi) is 3.40. The van der Waals surface area contributed by atoms with Crippen molar-refractivity contribution in [1.29, 1.82) is 0 Å². The average molecular weight is 254 g/mol. The van der Waals surface area contributed by atoms with Gasteiger partial charge in [-0.3, -0.25) is 4.98 Å². The number of hydrogen-bond acceptors (Lipinski definition) is 4. The summed E-state index contributed by atoms with van der Waals surface area (Å²) < 4.78 is 38.9. The molecule has 18 heavy (non-hydrogen) atoms. The van der Waals surface area contributed by atoms with E-state index in [1.165, 1.54) is 43.1 Å². The number of aromatic nitrogens is 3. The van der Waals surface area contributed by atoms with E-state index in [1.807, 2.05) is 0 Å². The third kappa shape index (κ3) is 2.93. The Morgan fingerprint density at radius 2 is 1.94 bits per heavy atom. The van der Waals surface area contributed by atoms with Crippen molar-refractivity contribution in [2.24, 2.45) is 0 Å². The molecular weight excluding hydrogens is 245 g/mol. The highest BCUT2D eigenvalue weighted by molar-refractivity contribution is 5.37. The van der Waals surface area contributed by atoms with Gasteiger partial charge in [-0.15, -0.1) is 0 Å². The Balaban J connectivity index is 2.28. The quantitative estimate of drug-likeness (QED) is 0.914. The highest BCUT2D eigenvalue weighted by Crippen LogP contribution is 2.34. The highest BCUT2D eigenvalue weighted by Gasteiger charge is 2.41. The van der Waals surface area contributed by atoms with Crippen molar-refractivity contribution in [2.75, 3.05) is 5.32 Å². The summed E-state index contributed by atoms with van der Waals surface area (Å²) in [5.74, 6) is 0.108. The lowest BCUT2D eigenvalue weighted by Crippen LogP contribution is -2.28. The highest BCUT2D eigenvalue weighted by atomic mass is 19.4. The summed E-state index contributed by atoms with van der Waals surface area (Å²) in [6.07, 6.45) is 0.701. The van der Waals surface area contributed by atoms with Crippen LogP contribution in [0.25, 0.3) is 0 Å². The van der Waals surface area contributed by atoms with E-state index >= 15 is 0 Å². The first-order valence-electron chi connectivity index (χ1n) is 5.06. The molecule has 0 unspecified atom stereocenters. The Bertz CT molecular complexity index is 487. The van der Waals surface area contributed by atoms with E-state index in [1.54, 1.807) is 0 Å². The second-order valence-electron chi connectivity index (χ2n) is 3.50. The fourth-order valence-electron chi connectivity index (χ4n) is 1.42. The number of nitrogens with one attached hydrogen (secondary N) is 1. The number of nitrogens with zero attached hydrogens (tertiary/aromatic N) is 3. The van der Waals surface area contributed by atoms with Crippen LogP contribution in [0.15, 0.2) is 43.1 Å². The number of rotatable bonds is 3. The van der Waals surface area contributed by atoms with E-state index in [2.05, 4.69) is 20.3 Å². The van der Waals surface area contributed by atoms with Gasteiger partial charge in [0.05, 0.1) is 0 Å². The normalized spacial score (nSPS) is 13.1. The van der Waals surface area contributed by atoms with Crippen molar-refractivity contribution in [3.05, 3.63) is 48.7 Å². The molecule has 0 spiro atoms. The topological polar surface area (TPSA) is 50.7 Å². The van der Waals surface area contributed by atoms with Crippen molar-refractivity contribution in [3.8, 4) is 0 Å². The molecule has 0 aliphatic rings. The Morgan fingerprint density at radius 3 is 2.50 bits per heavy atom. The molecule has 2 heterocycles. The zero-order chi connectivity index (χ0) is 13.0. The van der Waals surface area contributed by atoms with Crippen LogP contribution in [-0.2, 0) is 0 Å². The van der Waals surface area contributed by atoms with E-state index in [-0.39, 0.29) is 11.4 Å². The van der Waals surface area contributed by atoms with Gasteiger partial charge in [0, 0.05) is 24.2 Å². The average Bonchev–Trinajstić information content (AvgIpc) is 2.37. The molecule has 94 valence electrons. The zero-order valence-corrected chi connectivity index (χ0v) is 9.09. The van der Waals surface area contributed by atoms with E-state index in [0.29, 0.717) is 0 Å². The summed E-state index contributed by atoms with van der Waals surface area (Å²) in [6.45, 7) is 0. The molecule has 0 saturated heterocycles. The maximum atomic E-state index is 13.0. The van der Waals surface area contributed by atoms with Crippen LogP contribution < -0.4 is 5.32 Å². The largest absolute Gasteiger partial charge is 0.412 e. The summed E-state index contributed by atoms with van der Waals surface area (Å²) in [5.41, 5.74) is 0.0311. The molecule has 2 aromatic rings. The molecule has 0 aromatic carbocycles. The minimum atomic E-state index is -4.44. The van der Waals surface area contributed by atoms with Crippen LogP contribution in [0.1, 0.15) is 11.6 Å². The van der Waals surface area contributed by atoms with Gasteiger partial charge in [0.2, 0.25) is 0 Å². The van der Waals surface area contributed by atoms with Crippen molar-refractivity contribution < 1.29 is 13.2 Å². The van der Waals surface area contributed by atoms with Gasteiger partial charge >= 0.3 is 6.18 Å². The molecular formula is C11H9F3N4. The van der Waals surface area contributed by atoms with Crippen molar-refractivity contribution in [3.63, 3.8) is 0 Å². The first-order chi connectivity index (χ1) is 8.57. The lowest BCUT2D eigenvalue weighted by atomic mass is 10.1. The molecule has 0 amide bonds. The number of alkyl halides is 3. The van der Waals surface area contributed by atoms with Crippen LogP contribution in [0.5, 0.6) is 0 Å². The SMILES string of the molecule is FC(F)(F)[C@H](Nc1ccncn1)c1cccnc1. The van der Waals surface area contributed by atoms with Crippen LogP contribution in [0.2, 0.25) is 0 Å². The second-order valence-corrected chi connectivity index (χ2v) is 3.50. The van der Waals surface area contributed by atoms with E-state index in [0.717, 1.165) is 0 Å². The maximum Gasteiger partial charge on any atom is 0.412 e. The summed E-state index contributed by atoms with van der Waals surface area (Å²) >= 11 is 0. The van der Waals surface area contributed by atoms with Crippen LogP contribution in [-0.4, -0.2) is 21.1 Å². The van der Waals surface area contributed by atoms with E-state index in [9.17, 15) is 13.2 Å². The van der Waals surface area contributed by atoms with Crippen LogP contribution in [0, 0.1) is 0 Å². The van der Waals surface area contributed by atoms with Gasteiger partial charge in [0.1, 0.15) is 12.1 Å². The molecule has 2 rings (SSSR count). The number of anilines is 1. The number of pyridine rings is 1. The minimum absolute atomic E-state index is 0.0311. The van der Waals surface area contributed by atoms with Crippen molar-refractivity contribution in [1.82, 2.24) is 15.0 Å². The summed E-state index contributed by atoms with van der Waals surface area (Å²) in [4.78, 5) is 11.0. The molecule has 0 aliphatic heterocycles. The van der Waals surface area contributed by atoms with Gasteiger partial charge in [0.15, 0.2) is 6.04 Å². The van der Waals surface area contributed by atoms with Gasteiger partial charge < -0.3 is 5.32 Å². The molecule has 0 saturated carbocycles. The number of hydrogen-bond donors (Lipinski definition) is 1. The van der Waals surface area contributed by atoms with Crippen molar-refractivity contribution >= 4 is 5.82 Å². The second kappa shape index (κ2) is 4.99. The summed E-state index contributed by atoms with van der Waals surface area (Å²) in [6, 6.07) is 2.34. The Hall–Kier alpha value is -2.18. The predicted octanol–water partition coefficient (Wildman–Crippen LogP) is 2.59. The molecule has 0 bridgehead atoms.